The smallest absolute Gasteiger partial charge is 0.308 e. The van der Waals surface area contributed by atoms with Gasteiger partial charge >= 0.3 is 6.08 Å². The molecular weight excluding hydrogens is 394 g/mol. The summed E-state index contributed by atoms with van der Waals surface area (Å²) in [5, 5.41) is 10.3. The molecule has 0 spiro atoms. The van der Waals surface area contributed by atoms with E-state index in [0.717, 1.165) is 0 Å². The number of benzene rings is 1. The number of nitrogens with zero attached hydrogens (tertiary/aromatic N) is 5. The Morgan fingerprint density at radius 2 is 1.83 bits per heavy atom. The molecule has 30 heavy (non-hydrogen) atoms. The average molecular weight is 410 g/mol. The van der Waals surface area contributed by atoms with E-state index >= 15 is 0 Å². The number of carbonyl (C=O) groups excluding carboxylic acids is 1. The minimum atomic E-state index is -1.60. The van der Waals surface area contributed by atoms with Gasteiger partial charge in [-0.15, -0.1) is 0 Å². The normalized spacial score (nSPS) is 18.6. The van der Waals surface area contributed by atoms with Crippen LogP contribution >= 0.6 is 0 Å². The second-order valence-corrected chi connectivity index (χ2v) is 6.69. The third-order valence-corrected chi connectivity index (χ3v) is 4.96. The minimum absolute atomic E-state index is 0.0154. The van der Waals surface area contributed by atoms with Crippen LogP contribution in [-0.2, 0) is 17.0 Å². The summed E-state index contributed by atoms with van der Waals surface area (Å²) in [7, 11) is 1.48. The Morgan fingerprint density at radius 3 is 2.47 bits per heavy atom. The number of amides is 1. The van der Waals surface area contributed by atoms with Gasteiger partial charge in [0.1, 0.15) is 12.4 Å². The van der Waals surface area contributed by atoms with E-state index in [0.29, 0.717) is 16.7 Å². The Balaban J connectivity index is 1.96. The number of guanidine groups is 1. The fourth-order valence-electron chi connectivity index (χ4n) is 3.40. The van der Waals surface area contributed by atoms with Crippen molar-refractivity contribution in [2.75, 3.05) is 7.05 Å². The van der Waals surface area contributed by atoms with Crippen LogP contribution in [0.15, 0.2) is 53.9 Å². The maximum atomic E-state index is 13.3. The van der Waals surface area contributed by atoms with Crippen LogP contribution in [-0.4, -0.2) is 43.9 Å². The molecule has 0 saturated carbocycles. The van der Waals surface area contributed by atoms with Gasteiger partial charge in [-0.1, -0.05) is 6.07 Å². The summed E-state index contributed by atoms with van der Waals surface area (Å²) in [6.45, 7) is -0.819. The predicted octanol–water partition coefficient (Wildman–Crippen LogP) is 1.88. The number of likely N-dealkylation sites (N-methyl/N-ethyl adjacent to an activating group) is 1. The zero-order valence-electron chi connectivity index (χ0n) is 15.8. The van der Waals surface area contributed by atoms with Gasteiger partial charge in [-0.3, -0.25) is 14.7 Å². The topological polar surface area (TPSA) is 118 Å². The lowest BCUT2D eigenvalue weighted by molar-refractivity contribution is -0.129. The van der Waals surface area contributed by atoms with E-state index < -0.39 is 24.2 Å². The van der Waals surface area contributed by atoms with Gasteiger partial charge in [-0.05, 0) is 35.4 Å². The number of carbonyl (C=O) groups is 1. The zero-order valence-corrected chi connectivity index (χ0v) is 15.8. The highest BCUT2D eigenvalue weighted by atomic mass is 19.1. The molecule has 0 aliphatic carbocycles. The zero-order chi connectivity index (χ0) is 21.5. The van der Waals surface area contributed by atoms with Crippen LogP contribution in [0.4, 0.5) is 8.78 Å². The molecule has 1 aromatic carbocycles. The molecule has 2 aromatic heterocycles. The number of rotatable bonds is 4. The lowest BCUT2D eigenvalue weighted by Crippen LogP contribution is -2.41. The Kier molecular flexibility index (Phi) is 4.61. The number of nitrogens with two attached hydrogens (primary N) is 1. The highest BCUT2D eigenvalue weighted by Crippen LogP contribution is 2.42. The van der Waals surface area contributed by atoms with Gasteiger partial charge < -0.3 is 10.8 Å². The summed E-state index contributed by atoms with van der Waals surface area (Å²) >= 11 is 0. The molecule has 1 unspecified atom stereocenters. The van der Waals surface area contributed by atoms with Crippen molar-refractivity contribution in [1.82, 2.24) is 19.9 Å². The Bertz CT molecular complexity index is 1170. The van der Waals surface area contributed by atoms with Gasteiger partial charge in [-0.25, -0.2) is 19.4 Å². The van der Waals surface area contributed by atoms with E-state index in [1.54, 1.807) is 6.07 Å². The van der Waals surface area contributed by atoms with Crippen LogP contribution < -0.4 is 5.73 Å². The molecule has 3 heterocycles. The van der Waals surface area contributed by atoms with Crippen molar-refractivity contribution in [2.45, 2.75) is 12.2 Å². The van der Waals surface area contributed by atoms with Gasteiger partial charge in [0, 0.05) is 36.8 Å². The number of aromatic hydroxyl groups is 1. The van der Waals surface area contributed by atoms with E-state index in [4.69, 9.17) is 5.73 Å². The van der Waals surface area contributed by atoms with Crippen molar-refractivity contribution in [3.8, 4) is 16.9 Å². The van der Waals surface area contributed by atoms with Gasteiger partial charge in [-0.2, -0.15) is 4.39 Å². The third kappa shape index (κ3) is 2.93. The second-order valence-electron chi connectivity index (χ2n) is 6.69. The fraction of sp³-hybridized carbons (Fsp3) is 0.150. The predicted molar refractivity (Wildman–Crippen MR) is 103 cm³/mol. The lowest BCUT2D eigenvalue weighted by atomic mass is 9.81. The largest absolute Gasteiger partial charge is 0.507 e. The second kappa shape index (κ2) is 7.14. The quantitative estimate of drug-likeness (QED) is 0.634. The number of phenolic OH excluding ortho intramolecular Hbond substituents is 1. The molecule has 0 fully saturated rings. The molecule has 0 radical (unpaired) electrons. The summed E-state index contributed by atoms with van der Waals surface area (Å²) in [6.07, 6.45) is 2.90. The van der Waals surface area contributed by atoms with Crippen LogP contribution in [0, 0.1) is 6.08 Å². The molecule has 152 valence electrons. The summed E-state index contributed by atoms with van der Waals surface area (Å²) < 4.78 is 26.4. The summed E-state index contributed by atoms with van der Waals surface area (Å²) in [6, 6.07) is 7.42. The summed E-state index contributed by atoms with van der Waals surface area (Å²) in [4.78, 5) is 29.8. The van der Waals surface area contributed by atoms with Crippen molar-refractivity contribution in [3.63, 3.8) is 0 Å². The van der Waals surface area contributed by atoms with Gasteiger partial charge in [0.05, 0.1) is 5.69 Å². The van der Waals surface area contributed by atoms with Crippen LogP contribution in [0.2, 0.25) is 0 Å². The van der Waals surface area contributed by atoms with Gasteiger partial charge in [0.15, 0.2) is 11.5 Å². The number of halogens is 2. The number of pyridine rings is 1. The number of aromatic nitrogens is 3. The molecule has 1 atom stereocenters. The molecule has 8 nitrogen and oxygen atoms in total. The average Bonchev–Trinajstić information content (AvgIpc) is 2.99. The first kappa shape index (κ1) is 19.4. The van der Waals surface area contributed by atoms with Crippen molar-refractivity contribution in [1.29, 1.82) is 0 Å². The number of phenols is 1. The van der Waals surface area contributed by atoms with E-state index in [1.165, 1.54) is 54.8 Å². The number of aliphatic imine (C=N–C) groups is 1. The minimum Gasteiger partial charge on any atom is -0.507 e. The first-order chi connectivity index (χ1) is 14.4. The Morgan fingerprint density at radius 1 is 1.13 bits per heavy atom. The van der Waals surface area contributed by atoms with Crippen molar-refractivity contribution < 1.29 is 18.7 Å². The maximum Gasteiger partial charge on any atom is 0.308 e. The lowest BCUT2D eigenvalue weighted by Gasteiger charge is -2.27. The molecule has 4 rings (SSSR count). The molecule has 1 aliphatic heterocycles. The molecule has 0 bridgehead atoms. The summed E-state index contributed by atoms with van der Waals surface area (Å²) in [5.74, 6) is -0.597. The highest BCUT2D eigenvalue weighted by molar-refractivity contribution is 6.09. The SMILES string of the molecule is CN1C(=O)C(c2ccnc(CF)c2)(c2ccc(O)c(-c3cnc(F)nc3)c2)N=C1N. The van der Waals surface area contributed by atoms with E-state index in [1.807, 2.05) is 0 Å². The van der Waals surface area contributed by atoms with Crippen LogP contribution in [0.1, 0.15) is 16.8 Å². The van der Waals surface area contributed by atoms with Crippen molar-refractivity contribution >= 4 is 11.9 Å². The van der Waals surface area contributed by atoms with Gasteiger partial charge in [0.25, 0.3) is 5.91 Å². The molecule has 3 aromatic rings. The molecule has 0 saturated heterocycles. The molecular formula is C20H16F2N6O2. The first-order valence-electron chi connectivity index (χ1n) is 8.83. The third-order valence-electron chi connectivity index (χ3n) is 4.96. The number of hydrogen-bond donors (Lipinski definition) is 2. The van der Waals surface area contributed by atoms with E-state index in [-0.39, 0.29) is 23.0 Å². The highest BCUT2D eigenvalue weighted by Gasteiger charge is 2.49. The van der Waals surface area contributed by atoms with Crippen LogP contribution in [0.5, 0.6) is 5.75 Å². The monoisotopic (exact) mass is 410 g/mol. The Hall–Kier alpha value is -3.95. The Labute approximate surface area is 169 Å². The van der Waals surface area contributed by atoms with E-state index in [9.17, 15) is 18.7 Å². The first-order valence-corrected chi connectivity index (χ1v) is 8.83. The fourth-order valence-corrected chi connectivity index (χ4v) is 3.40. The molecule has 1 amide bonds. The van der Waals surface area contributed by atoms with Crippen LogP contribution in [0.25, 0.3) is 11.1 Å². The molecule has 10 heteroatoms. The van der Waals surface area contributed by atoms with Crippen molar-refractivity contribution in [2.24, 2.45) is 10.7 Å². The summed E-state index contributed by atoms with van der Waals surface area (Å²) in [5.41, 5.74) is 5.81. The molecule has 1 aliphatic rings. The van der Waals surface area contributed by atoms with Crippen molar-refractivity contribution in [3.05, 3.63) is 71.8 Å². The number of alkyl halides is 1. The molecule has 3 N–H and O–H groups in total. The van der Waals surface area contributed by atoms with E-state index in [2.05, 4.69) is 19.9 Å². The maximum absolute atomic E-state index is 13.3. The van der Waals surface area contributed by atoms with Crippen LogP contribution in [0.3, 0.4) is 0 Å². The standard InChI is InChI=1S/C20H16F2N6O2/c1-28-17(30)20(27-19(28)23,13-4-5-24-14(6-13)8-21)12-2-3-16(29)15(7-12)11-9-25-18(22)26-10-11/h2-7,9-10,29H,8H2,1H3,(H2,23,27). The number of hydrogen-bond acceptors (Lipinski definition) is 7. The van der Waals surface area contributed by atoms with Gasteiger partial charge in [0.2, 0.25) is 0 Å².